The molecule has 0 fully saturated rings. The van der Waals surface area contributed by atoms with Gasteiger partial charge in [0.1, 0.15) is 11.6 Å². The number of phenols is 1. The number of anilines is 1. The molecule has 1 aromatic heterocycles. The van der Waals surface area contributed by atoms with Crippen molar-refractivity contribution in [2.75, 3.05) is 5.32 Å². The number of benzene rings is 3. The van der Waals surface area contributed by atoms with Gasteiger partial charge in [-0.15, -0.1) is 0 Å². The average Bonchev–Trinajstić information content (AvgIpc) is 3.34. The fourth-order valence-electron chi connectivity index (χ4n) is 4.98. The molecule has 2 atom stereocenters. The molecule has 3 aromatic carbocycles. The first-order valence-corrected chi connectivity index (χ1v) is 13.4. The molecule has 0 saturated heterocycles. The van der Waals surface area contributed by atoms with Gasteiger partial charge in [0, 0.05) is 55.5 Å². The Hall–Kier alpha value is -3.21. The average molecular weight is 636 g/mol. The van der Waals surface area contributed by atoms with E-state index < -0.39 is 72.5 Å². The maximum absolute atomic E-state index is 14.3. The minimum absolute atomic E-state index is 0. The van der Waals surface area contributed by atoms with Crippen LogP contribution in [0.25, 0.3) is 22.4 Å². The monoisotopic (exact) mass is 635 g/mol. The van der Waals surface area contributed by atoms with Crippen LogP contribution in [0, 0.1) is 5.82 Å². The number of hydrogen-bond acceptors (Lipinski definition) is 5. The van der Waals surface area contributed by atoms with Crippen molar-refractivity contribution in [1.82, 2.24) is 4.57 Å². The van der Waals surface area contributed by atoms with Crippen molar-refractivity contribution in [3.63, 3.8) is 0 Å². The molecule has 0 bridgehead atoms. The number of aliphatic carboxylic acids is 1. The zero-order valence-corrected chi connectivity index (χ0v) is 26.0. The standard InChI is InChI=1S/C33H35FN2O6.CH4.Ca/c1-20(2)31-30(33(42)35-26-10-6-7-11-27(26)39)29(21-8-4-3-5-9-21)32(22-12-14-23(34)15-13-22)36(31)17-16-24(37)18-25(38)19-28(40)41;;/h3-15,20,24-25,37-39H,16-19H2,1-2H3,(H,35,42)(H,40,41);1H4;/t24-,25-;;/m1../s1/i3D,4D,5D,8D,9D;;. The molecule has 0 unspecified atom stereocenters. The molecule has 5 N–H and O–H groups in total. The van der Waals surface area contributed by atoms with Gasteiger partial charge < -0.3 is 30.3 Å². The molecule has 0 aliphatic carbocycles. The number of aliphatic hydroxyl groups excluding tert-OH is 2. The van der Waals surface area contributed by atoms with E-state index in [0.717, 1.165) is 0 Å². The fourth-order valence-corrected chi connectivity index (χ4v) is 4.98. The molecule has 4 rings (SSSR count). The number of nitrogens with zero attached hydrogens (tertiary/aromatic N) is 1. The number of carboxylic acids is 1. The third-order valence-corrected chi connectivity index (χ3v) is 6.74. The maximum atomic E-state index is 14.3. The Labute approximate surface area is 294 Å². The van der Waals surface area contributed by atoms with E-state index in [9.17, 15) is 29.3 Å². The number of aliphatic hydroxyl groups is 2. The smallest absolute Gasteiger partial charge is 0.305 e. The van der Waals surface area contributed by atoms with Crippen molar-refractivity contribution >= 4 is 55.3 Å². The molecule has 10 heteroatoms. The zero-order chi connectivity index (χ0) is 34.7. The second-order valence-electron chi connectivity index (χ2n) is 10.2. The number of carboxylic acid groups (broad SMARTS) is 1. The second-order valence-corrected chi connectivity index (χ2v) is 10.2. The van der Waals surface area contributed by atoms with Gasteiger partial charge in [0.25, 0.3) is 5.91 Å². The topological polar surface area (TPSA) is 132 Å². The number of carbonyl (C=O) groups excluding carboxylic acids is 1. The molecule has 0 aliphatic heterocycles. The van der Waals surface area contributed by atoms with Crippen molar-refractivity contribution in [3.8, 4) is 28.1 Å². The fraction of sp³-hybridized carbons (Fsp3) is 0.294. The Morgan fingerprint density at radius 3 is 2.20 bits per heavy atom. The number of halogens is 1. The predicted molar refractivity (Wildman–Crippen MR) is 171 cm³/mol. The first-order valence-electron chi connectivity index (χ1n) is 15.9. The van der Waals surface area contributed by atoms with Crippen LogP contribution in [0.2, 0.25) is 0 Å². The molecule has 0 aliphatic rings. The number of para-hydroxylation sites is 2. The SMILES string of the molecule is C.[2H]c1c([2H])c([2H])c(-c2c(C(=O)Nc3ccccc3O)c(C(C)C)n(CC[C@@H](O)C[C@@H](O)CC(=O)O)c2-c2ccc(F)cc2)c([2H])c1[2H].[Ca]. The molecule has 2 radical (unpaired) electrons. The number of amides is 1. The van der Waals surface area contributed by atoms with Gasteiger partial charge in [-0.1, -0.05) is 63.6 Å². The number of nitrogens with one attached hydrogen (secondary N) is 1. The minimum Gasteiger partial charge on any atom is -0.506 e. The van der Waals surface area contributed by atoms with Crippen molar-refractivity contribution in [1.29, 1.82) is 0 Å². The third-order valence-electron chi connectivity index (χ3n) is 6.74. The summed E-state index contributed by atoms with van der Waals surface area (Å²) in [7, 11) is 0. The number of aromatic hydroxyl groups is 1. The molecule has 0 spiro atoms. The summed E-state index contributed by atoms with van der Waals surface area (Å²) in [6, 6.07) is 8.07. The number of aromatic nitrogens is 1. The van der Waals surface area contributed by atoms with Gasteiger partial charge in [-0.2, -0.15) is 0 Å². The van der Waals surface area contributed by atoms with E-state index in [4.69, 9.17) is 12.0 Å². The first-order chi connectivity index (χ1) is 22.1. The van der Waals surface area contributed by atoms with E-state index in [1.54, 1.807) is 30.5 Å². The van der Waals surface area contributed by atoms with E-state index in [0.29, 0.717) is 11.3 Å². The number of hydrogen-bond donors (Lipinski definition) is 5. The Morgan fingerprint density at radius 1 is 0.977 bits per heavy atom. The van der Waals surface area contributed by atoms with Crippen LogP contribution in [-0.2, 0) is 11.3 Å². The molecule has 230 valence electrons. The Kier molecular flexibility index (Phi) is 11.2. The van der Waals surface area contributed by atoms with Crippen LogP contribution in [0.15, 0.2) is 78.7 Å². The van der Waals surface area contributed by atoms with Gasteiger partial charge >= 0.3 is 5.97 Å². The van der Waals surface area contributed by atoms with Crippen LogP contribution in [0.3, 0.4) is 0 Å². The molecule has 1 heterocycles. The molecule has 44 heavy (non-hydrogen) atoms. The van der Waals surface area contributed by atoms with Crippen molar-refractivity contribution in [3.05, 3.63) is 95.8 Å². The van der Waals surface area contributed by atoms with Gasteiger partial charge in [-0.3, -0.25) is 9.59 Å². The van der Waals surface area contributed by atoms with E-state index in [-0.39, 0.29) is 98.4 Å². The van der Waals surface area contributed by atoms with Gasteiger partial charge in [-0.25, -0.2) is 4.39 Å². The van der Waals surface area contributed by atoms with Crippen LogP contribution >= 0.6 is 0 Å². The van der Waals surface area contributed by atoms with Gasteiger partial charge in [0.2, 0.25) is 0 Å². The van der Waals surface area contributed by atoms with E-state index >= 15 is 0 Å². The zero-order valence-electron chi connectivity index (χ0n) is 28.8. The Balaban J connectivity index is 0.00000417. The van der Waals surface area contributed by atoms with Crippen molar-refractivity contribution in [2.45, 2.75) is 65.2 Å². The van der Waals surface area contributed by atoms with Crippen molar-refractivity contribution in [2.24, 2.45) is 0 Å². The predicted octanol–water partition coefficient (Wildman–Crippen LogP) is 6.27. The summed E-state index contributed by atoms with van der Waals surface area (Å²) in [5, 5.41) is 43.0. The van der Waals surface area contributed by atoms with Gasteiger partial charge in [-0.05, 0) is 66.3 Å². The summed E-state index contributed by atoms with van der Waals surface area (Å²) in [5.41, 5.74) is 0.545. The van der Waals surface area contributed by atoms with Crippen LogP contribution in [0.4, 0.5) is 10.1 Å². The molecule has 0 saturated carbocycles. The number of carbonyl (C=O) groups is 2. The summed E-state index contributed by atoms with van der Waals surface area (Å²) in [6.07, 6.45) is -3.38. The maximum Gasteiger partial charge on any atom is 0.305 e. The summed E-state index contributed by atoms with van der Waals surface area (Å²) in [4.78, 5) is 25.3. The minimum atomic E-state index is -1.32. The van der Waals surface area contributed by atoms with Crippen LogP contribution in [0.1, 0.15) is 69.4 Å². The Morgan fingerprint density at radius 2 is 1.61 bits per heavy atom. The molecule has 1 amide bonds. The van der Waals surface area contributed by atoms with Crippen LogP contribution in [-0.4, -0.2) is 86.8 Å². The van der Waals surface area contributed by atoms with E-state index in [1.165, 1.54) is 36.4 Å². The summed E-state index contributed by atoms with van der Waals surface area (Å²) in [6.45, 7) is 3.52. The van der Waals surface area contributed by atoms with Crippen LogP contribution in [0.5, 0.6) is 5.75 Å². The Bertz CT molecular complexity index is 1790. The van der Waals surface area contributed by atoms with Gasteiger partial charge in [0.15, 0.2) is 0 Å². The normalized spacial score (nSPS) is 13.7. The van der Waals surface area contributed by atoms with Gasteiger partial charge in [0.05, 0.1) is 42.4 Å². The van der Waals surface area contributed by atoms with E-state index in [1.807, 2.05) is 0 Å². The summed E-state index contributed by atoms with van der Waals surface area (Å²) in [5.74, 6) is -3.26. The molecular formula is C34H39CaFN2O6. The second kappa shape index (κ2) is 16.7. The molecule has 4 aromatic rings. The molecular weight excluding hydrogens is 591 g/mol. The first kappa shape index (κ1) is 29.5. The number of rotatable bonds is 12. The largest absolute Gasteiger partial charge is 0.506 e. The van der Waals surface area contributed by atoms with E-state index in [2.05, 4.69) is 5.32 Å². The van der Waals surface area contributed by atoms with Crippen molar-refractivity contribution < 1.29 is 41.3 Å². The summed E-state index contributed by atoms with van der Waals surface area (Å²) < 4.78 is 58.3. The molecule has 8 nitrogen and oxygen atoms in total. The van der Waals surface area contributed by atoms with Crippen LogP contribution < -0.4 is 5.32 Å². The summed E-state index contributed by atoms with van der Waals surface area (Å²) >= 11 is 0. The quantitative estimate of drug-likeness (QED) is 0.0921. The number of phenolic OH excluding ortho intramolecular Hbond substituents is 1. The third kappa shape index (κ3) is 8.92.